The van der Waals surface area contributed by atoms with Gasteiger partial charge in [0.15, 0.2) is 4.90 Å². The average molecular weight is 493 g/mol. The lowest BCUT2D eigenvalue weighted by Crippen LogP contribution is -2.49. The molecule has 0 amide bonds. The minimum atomic E-state index is -4.32. The number of nitrogens with zero attached hydrogens (tertiary/aromatic N) is 4. The summed E-state index contributed by atoms with van der Waals surface area (Å²) in [5, 5.41) is 9.60. The Labute approximate surface area is 199 Å². The maximum Gasteiger partial charge on any atom is 0.249 e. The van der Waals surface area contributed by atoms with Crippen LogP contribution in [0, 0.1) is 28.9 Å². The second kappa shape index (κ2) is 10.4. The summed E-state index contributed by atoms with van der Waals surface area (Å²) >= 11 is 0. The van der Waals surface area contributed by atoms with Crippen LogP contribution in [-0.2, 0) is 10.0 Å². The first-order chi connectivity index (χ1) is 16.3. The van der Waals surface area contributed by atoms with E-state index in [1.807, 2.05) is 0 Å². The lowest BCUT2D eigenvalue weighted by molar-refractivity contribution is 0.276. The molecule has 0 radical (unpaired) electrons. The molecule has 184 valence electrons. The molecule has 0 spiro atoms. The van der Waals surface area contributed by atoms with Crippen molar-refractivity contribution in [3.63, 3.8) is 0 Å². The number of benzene rings is 1. The number of unbranched alkanes of at least 4 members (excludes halogenated alkanes) is 1. The molecule has 4 rings (SSSR count). The number of nitriles is 1. The zero-order valence-electron chi connectivity index (χ0n) is 19.3. The van der Waals surface area contributed by atoms with E-state index in [2.05, 4.69) is 18.0 Å². The summed E-state index contributed by atoms with van der Waals surface area (Å²) < 4.78 is 61.0. The van der Waals surface area contributed by atoms with Crippen molar-refractivity contribution in [2.24, 2.45) is 5.92 Å². The van der Waals surface area contributed by atoms with Gasteiger partial charge in [0.1, 0.15) is 17.7 Å². The predicted octanol–water partition coefficient (Wildman–Crippen LogP) is 4.80. The molecule has 2 fully saturated rings. The van der Waals surface area contributed by atoms with Crippen molar-refractivity contribution in [3.8, 4) is 6.07 Å². The molecule has 34 heavy (non-hydrogen) atoms. The molecule has 7 nitrogen and oxygen atoms in total. The van der Waals surface area contributed by atoms with Gasteiger partial charge in [0, 0.05) is 32.1 Å². The SMILES string of the molecule is CCCCC1CCC(c2nc(C#N)c(N3CCN(S(=O)(=O)c4c(F)cccc4F)CC3)o2)CC1. The number of hydrogen-bond acceptors (Lipinski definition) is 6. The molecule has 1 aliphatic heterocycles. The Morgan fingerprint density at radius 2 is 1.76 bits per heavy atom. The number of halogens is 2. The Kier molecular flexibility index (Phi) is 7.53. The molecule has 2 aromatic rings. The largest absolute Gasteiger partial charge is 0.423 e. The van der Waals surface area contributed by atoms with Crippen LogP contribution in [0.2, 0.25) is 0 Å². The van der Waals surface area contributed by atoms with Gasteiger partial charge in [-0.15, -0.1) is 0 Å². The summed E-state index contributed by atoms with van der Waals surface area (Å²) in [5.41, 5.74) is 0.194. The molecule has 0 unspecified atom stereocenters. The molecule has 2 heterocycles. The highest BCUT2D eigenvalue weighted by molar-refractivity contribution is 7.89. The number of oxazole rings is 1. The number of hydrogen-bond donors (Lipinski definition) is 0. The summed E-state index contributed by atoms with van der Waals surface area (Å²) in [6.45, 7) is 2.68. The standard InChI is InChI=1S/C24H30F2N4O3S/c1-2-3-5-17-8-10-18(11-9-17)23-28-21(16-27)24(33-23)29-12-14-30(15-13-29)34(31,32)22-19(25)6-4-7-20(22)26/h4,6-7,17-18H,2-3,5,8-15H2,1H3. The van der Waals surface area contributed by atoms with Crippen LogP contribution in [0.5, 0.6) is 0 Å². The third-order valence-corrected chi connectivity index (χ3v) is 8.89. The Morgan fingerprint density at radius 1 is 1.12 bits per heavy atom. The van der Waals surface area contributed by atoms with Crippen LogP contribution < -0.4 is 4.90 Å². The van der Waals surface area contributed by atoms with Crippen molar-refractivity contribution in [3.05, 3.63) is 41.4 Å². The first kappa shape index (κ1) is 24.6. The quantitative estimate of drug-likeness (QED) is 0.552. The van der Waals surface area contributed by atoms with Crippen LogP contribution in [0.4, 0.5) is 14.7 Å². The predicted molar refractivity (Wildman–Crippen MR) is 123 cm³/mol. The maximum atomic E-state index is 14.1. The molecule has 1 saturated carbocycles. The van der Waals surface area contributed by atoms with Crippen molar-refractivity contribution in [1.29, 1.82) is 5.26 Å². The highest BCUT2D eigenvalue weighted by Gasteiger charge is 2.35. The van der Waals surface area contributed by atoms with Crippen molar-refractivity contribution in [2.45, 2.75) is 62.7 Å². The molecule has 1 aliphatic carbocycles. The van der Waals surface area contributed by atoms with Gasteiger partial charge in [-0.3, -0.25) is 0 Å². The number of piperazine rings is 1. The monoisotopic (exact) mass is 492 g/mol. The lowest BCUT2D eigenvalue weighted by Gasteiger charge is -2.33. The lowest BCUT2D eigenvalue weighted by atomic mass is 9.80. The molecule has 0 N–H and O–H groups in total. The number of aromatic nitrogens is 1. The molecule has 0 atom stereocenters. The van der Waals surface area contributed by atoms with Crippen molar-refractivity contribution < 1.29 is 21.6 Å². The molecule has 0 bridgehead atoms. The van der Waals surface area contributed by atoms with Crippen LogP contribution in [-0.4, -0.2) is 43.9 Å². The van der Waals surface area contributed by atoms with Gasteiger partial charge in [-0.25, -0.2) is 22.2 Å². The molecule has 10 heteroatoms. The Balaban J connectivity index is 1.43. The molecular weight excluding hydrogens is 462 g/mol. The van der Waals surface area contributed by atoms with E-state index in [4.69, 9.17) is 4.42 Å². The van der Waals surface area contributed by atoms with Gasteiger partial charge in [-0.1, -0.05) is 32.3 Å². The van der Waals surface area contributed by atoms with E-state index < -0.39 is 26.6 Å². The van der Waals surface area contributed by atoms with Crippen LogP contribution in [0.15, 0.2) is 27.5 Å². The van der Waals surface area contributed by atoms with Gasteiger partial charge in [0.25, 0.3) is 0 Å². The number of sulfonamides is 1. The second-order valence-electron chi connectivity index (χ2n) is 9.12. The third kappa shape index (κ3) is 4.96. The van der Waals surface area contributed by atoms with E-state index in [1.165, 1.54) is 19.3 Å². The molecule has 1 saturated heterocycles. The topological polar surface area (TPSA) is 90.4 Å². The van der Waals surface area contributed by atoms with E-state index in [0.29, 0.717) is 11.8 Å². The van der Waals surface area contributed by atoms with Crippen LogP contribution in [0.1, 0.15) is 69.4 Å². The van der Waals surface area contributed by atoms with Gasteiger partial charge < -0.3 is 9.32 Å². The minimum absolute atomic E-state index is 0.0134. The fourth-order valence-corrected chi connectivity index (χ4v) is 6.50. The fourth-order valence-electron chi connectivity index (χ4n) is 4.97. The van der Waals surface area contributed by atoms with E-state index in [0.717, 1.165) is 54.1 Å². The summed E-state index contributed by atoms with van der Waals surface area (Å²) in [4.78, 5) is 5.30. The molecule has 1 aromatic heterocycles. The van der Waals surface area contributed by atoms with Gasteiger partial charge >= 0.3 is 0 Å². The molecule has 1 aromatic carbocycles. The van der Waals surface area contributed by atoms with Gasteiger partial charge in [-0.2, -0.15) is 9.57 Å². The smallest absolute Gasteiger partial charge is 0.249 e. The Hall–Kier alpha value is -2.51. The number of rotatable bonds is 7. The summed E-state index contributed by atoms with van der Waals surface area (Å²) in [7, 11) is -4.32. The van der Waals surface area contributed by atoms with Crippen molar-refractivity contribution in [2.75, 3.05) is 31.1 Å². The summed E-state index contributed by atoms with van der Waals surface area (Å²) in [5.74, 6) is -0.375. The first-order valence-electron chi connectivity index (χ1n) is 11.9. The van der Waals surface area contributed by atoms with Gasteiger partial charge in [0.2, 0.25) is 27.5 Å². The molecule has 2 aliphatic rings. The highest BCUT2D eigenvalue weighted by atomic mass is 32.2. The highest BCUT2D eigenvalue weighted by Crippen LogP contribution is 2.39. The fraction of sp³-hybridized carbons (Fsp3) is 0.583. The van der Waals surface area contributed by atoms with E-state index in [1.54, 1.807) is 4.90 Å². The van der Waals surface area contributed by atoms with Gasteiger partial charge in [-0.05, 0) is 43.7 Å². The maximum absolute atomic E-state index is 14.1. The van der Waals surface area contributed by atoms with E-state index in [9.17, 15) is 22.5 Å². The molecular formula is C24H30F2N4O3S. The van der Waals surface area contributed by atoms with E-state index in [-0.39, 0.29) is 37.8 Å². The summed E-state index contributed by atoms with van der Waals surface area (Å²) in [6, 6.07) is 5.08. The van der Waals surface area contributed by atoms with Crippen molar-refractivity contribution in [1.82, 2.24) is 9.29 Å². The number of anilines is 1. The van der Waals surface area contributed by atoms with Crippen molar-refractivity contribution >= 4 is 15.9 Å². The second-order valence-corrected chi connectivity index (χ2v) is 11.0. The van der Waals surface area contributed by atoms with Crippen LogP contribution in [0.25, 0.3) is 0 Å². The first-order valence-corrected chi connectivity index (χ1v) is 13.4. The Morgan fingerprint density at radius 3 is 2.35 bits per heavy atom. The zero-order valence-corrected chi connectivity index (χ0v) is 20.2. The average Bonchev–Trinajstić information content (AvgIpc) is 3.27. The third-order valence-electron chi connectivity index (χ3n) is 6.94. The normalized spacial score (nSPS) is 22.0. The Bertz CT molecular complexity index is 1130. The van der Waals surface area contributed by atoms with E-state index >= 15 is 0 Å². The van der Waals surface area contributed by atoms with Crippen LogP contribution in [0.3, 0.4) is 0 Å². The minimum Gasteiger partial charge on any atom is -0.423 e. The van der Waals surface area contributed by atoms with Gasteiger partial charge in [0.05, 0.1) is 0 Å². The summed E-state index contributed by atoms with van der Waals surface area (Å²) in [6.07, 6.45) is 7.95. The zero-order chi connectivity index (χ0) is 24.3. The van der Waals surface area contributed by atoms with Crippen LogP contribution >= 0.6 is 0 Å².